The summed E-state index contributed by atoms with van der Waals surface area (Å²) in [5.74, 6) is 0.453. The number of aromatic amines is 1. The van der Waals surface area contributed by atoms with E-state index >= 15 is 0 Å². The van der Waals surface area contributed by atoms with Crippen LogP contribution in [-0.2, 0) is 0 Å². The molecule has 0 saturated heterocycles. The molecule has 116 valence electrons. The van der Waals surface area contributed by atoms with E-state index in [1.165, 1.54) is 0 Å². The lowest BCUT2D eigenvalue weighted by atomic mass is 10.2. The molecule has 3 aromatic rings. The highest BCUT2D eigenvalue weighted by atomic mass is 35.5. The van der Waals surface area contributed by atoms with Gasteiger partial charge in [0.05, 0.1) is 21.7 Å². The van der Waals surface area contributed by atoms with E-state index in [1.54, 1.807) is 18.2 Å². The molecule has 2 aromatic carbocycles. The zero-order valence-corrected chi connectivity index (χ0v) is 12.7. The van der Waals surface area contributed by atoms with Crippen LogP contribution >= 0.6 is 11.6 Å². The molecule has 8 heteroatoms. The number of nitrogens with two attached hydrogens (primary N) is 3. The van der Waals surface area contributed by atoms with Gasteiger partial charge in [0.1, 0.15) is 5.82 Å². The normalized spacial score (nSPS) is 11.6. The molecule has 0 spiro atoms. The van der Waals surface area contributed by atoms with Gasteiger partial charge in [-0.3, -0.25) is 0 Å². The van der Waals surface area contributed by atoms with Crippen molar-refractivity contribution in [2.45, 2.75) is 0 Å². The van der Waals surface area contributed by atoms with Crippen LogP contribution in [0.1, 0.15) is 0 Å². The highest BCUT2D eigenvalue weighted by Crippen LogP contribution is 2.31. The van der Waals surface area contributed by atoms with E-state index in [0.717, 1.165) is 11.0 Å². The van der Waals surface area contributed by atoms with Crippen LogP contribution in [0.5, 0.6) is 0 Å². The second kappa shape index (κ2) is 5.98. The minimum Gasteiger partial charge on any atom is -0.370 e. The average Bonchev–Trinajstić information content (AvgIpc) is 2.92. The van der Waals surface area contributed by atoms with Crippen LogP contribution < -0.4 is 17.2 Å². The third-order valence-corrected chi connectivity index (χ3v) is 3.41. The average molecular weight is 328 g/mol. The fraction of sp³-hybridized carbons (Fsp3) is 0. The molecule has 3 rings (SSSR count). The van der Waals surface area contributed by atoms with E-state index in [1.807, 2.05) is 24.3 Å². The zero-order valence-electron chi connectivity index (χ0n) is 12.0. The summed E-state index contributed by atoms with van der Waals surface area (Å²) in [6.07, 6.45) is 0. The van der Waals surface area contributed by atoms with Gasteiger partial charge >= 0.3 is 0 Å². The van der Waals surface area contributed by atoms with Crippen molar-refractivity contribution in [2.75, 3.05) is 0 Å². The summed E-state index contributed by atoms with van der Waals surface area (Å²) < 4.78 is 0. The SMILES string of the molecule is NC(N)=NC(N)=Nc1ccc(Cl)c(-c2nc3ccccc3[nH]2)c1. The van der Waals surface area contributed by atoms with Gasteiger partial charge in [-0.05, 0) is 30.3 Å². The summed E-state index contributed by atoms with van der Waals surface area (Å²) in [6, 6.07) is 12.9. The molecule has 0 saturated carbocycles. The van der Waals surface area contributed by atoms with Crippen molar-refractivity contribution < 1.29 is 0 Å². The Morgan fingerprint density at radius 3 is 2.61 bits per heavy atom. The fourth-order valence-electron chi connectivity index (χ4n) is 2.13. The van der Waals surface area contributed by atoms with Crippen molar-refractivity contribution in [2.24, 2.45) is 27.2 Å². The first kappa shape index (κ1) is 14.9. The molecule has 0 atom stereocenters. The zero-order chi connectivity index (χ0) is 16.4. The Labute approximate surface area is 136 Å². The number of hydrogen-bond acceptors (Lipinski definition) is 2. The van der Waals surface area contributed by atoms with Gasteiger partial charge in [0.25, 0.3) is 0 Å². The summed E-state index contributed by atoms with van der Waals surface area (Å²) in [4.78, 5) is 15.6. The Hall–Kier alpha value is -3.06. The monoisotopic (exact) mass is 327 g/mol. The third kappa shape index (κ3) is 3.24. The van der Waals surface area contributed by atoms with Crippen molar-refractivity contribution in [1.29, 1.82) is 0 Å². The van der Waals surface area contributed by atoms with Crippen LogP contribution in [0.3, 0.4) is 0 Å². The van der Waals surface area contributed by atoms with Crippen molar-refractivity contribution in [3.05, 3.63) is 47.5 Å². The standard InChI is InChI=1S/C15H14ClN7/c16-10-6-5-8(20-15(19)23-14(17)18)7-9(10)13-21-11-3-1-2-4-12(11)22-13/h1-7H,(H,21,22)(H6,17,18,19,20,23). The highest BCUT2D eigenvalue weighted by molar-refractivity contribution is 6.33. The molecule has 0 amide bonds. The molecule has 0 radical (unpaired) electrons. The summed E-state index contributed by atoms with van der Waals surface area (Å²) in [5, 5.41) is 0.545. The molecule has 1 heterocycles. The summed E-state index contributed by atoms with van der Waals surface area (Å²) >= 11 is 6.27. The quantitative estimate of drug-likeness (QED) is 0.424. The largest absolute Gasteiger partial charge is 0.370 e. The first-order chi connectivity index (χ1) is 11.0. The number of hydrogen-bond donors (Lipinski definition) is 4. The summed E-state index contributed by atoms with van der Waals surface area (Å²) in [5.41, 5.74) is 19.2. The van der Waals surface area contributed by atoms with E-state index in [4.69, 9.17) is 28.8 Å². The van der Waals surface area contributed by atoms with Crippen LogP contribution in [0.2, 0.25) is 5.02 Å². The Balaban J connectivity index is 2.05. The third-order valence-electron chi connectivity index (χ3n) is 3.08. The lowest BCUT2D eigenvalue weighted by Gasteiger charge is -2.03. The fourth-order valence-corrected chi connectivity index (χ4v) is 2.34. The molecule has 7 nitrogen and oxygen atoms in total. The second-order valence-electron chi connectivity index (χ2n) is 4.77. The number of para-hydroxylation sites is 2. The van der Waals surface area contributed by atoms with Crippen molar-refractivity contribution in [1.82, 2.24) is 9.97 Å². The molecular weight excluding hydrogens is 314 g/mol. The van der Waals surface area contributed by atoms with Gasteiger partial charge in [0.15, 0.2) is 5.96 Å². The highest BCUT2D eigenvalue weighted by Gasteiger charge is 2.10. The number of fused-ring (bicyclic) bond motifs is 1. The Morgan fingerprint density at radius 2 is 1.87 bits per heavy atom. The number of aromatic nitrogens is 2. The number of nitrogens with one attached hydrogen (secondary N) is 1. The van der Waals surface area contributed by atoms with Crippen molar-refractivity contribution in [3.63, 3.8) is 0 Å². The van der Waals surface area contributed by atoms with Crippen LogP contribution in [0.4, 0.5) is 5.69 Å². The molecule has 1 aromatic heterocycles. The maximum atomic E-state index is 6.27. The number of rotatable bonds is 2. The van der Waals surface area contributed by atoms with E-state index in [-0.39, 0.29) is 11.9 Å². The molecular formula is C15H14ClN7. The number of guanidine groups is 2. The van der Waals surface area contributed by atoms with Gasteiger partial charge in [-0.2, -0.15) is 4.99 Å². The van der Waals surface area contributed by atoms with E-state index in [9.17, 15) is 0 Å². The predicted octanol–water partition coefficient (Wildman–Crippen LogP) is 2.10. The molecule has 0 fully saturated rings. The molecule has 0 bridgehead atoms. The summed E-state index contributed by atoms with van der Waals surface area (Å²) in [7, 11) is 0. The van der Waals surface area contributed by atoms with Gasteiger partial charge in [-0.1, -0.05) is 23.7 Å². The number of benzene rings is 2. The maximum absolute atomic E-state index is 6.27. The number of imidazole rings is 1. The molecule has 0 aliphatic rings. The van der Waals surface area contributed by atoms with Gasteiger partial charge in [-0.25, -0.2) is 9.98 Å². The number of H-pyrrole nitrogens is 1. The number of nitrogens with zero attached hydrogens (tertiary/aromatic N) is 3. The molecule has 0 aliphatic heterocycles. The lowest BCUT2D eigenvalue weighted by Crippen LogP contribution is -2.26. The second-order valence-corrected chi connectivity index (χ2v) is 5.18. The summed E-state index contributed by atoms with van der Waals surface area (Å²) in [6.45, 7) is 0. The minimum absolute atomic E-state index is 0.0390. The van der Waals surface area contributed by atoms with Gasteiger partial charge in [-0.15, -0.1) is 0 Å². The Kier molecular flexibility index (Phi) is 3.86. The van der Waals surface area contributed by atoms with Crippen molar-refractivity contribution >= 4 is 40.2 Å². The number of aliphatic imine (C=N–C) groups is 2. The van der Waals surface area contributed by atoms with Crippen molar-refractivity contribution in [3.8, 4) is 11.4 Å². The molecule has 0 unspecified atom stereocenters. The van der Waals surface area contributed by atoms with Crippen LogP contribution in [0.15, 0.2) is 52.4 Å². The number of halogens is 1. The Morgan fingerprint density at radius 1 is 1.09 bits per heavy atom. The first-order valence-corrected chi connectivity index (χ1v) is 7.09. The van der Waals surface area contributed by atoms with E-state index in [0.29, 0.717) is 22.1 Å². The van der Waals surface area contributed by atoms with Crippen LogP contribution in [0.25, 0.3) is 22.4 Å². The predicted molar refractivity (Wildman–Crippen MR) is 93.6 cm³/mol. The van der Waals surface area contributed by atoms with Crippen LogP contribution in [-0.4, -0.2) is 21.9 Å². The van der Waals surface area contributed by atoms with Gasteiger partial charge in [0, 0.05) is 5.56 Å². The Bertz CT molecular complexity index is 889. The van der Waals surface area contributed by atoms with E-state index < -0.39 is 0 Å². The first-order valence-electron chi connectivity index (χ1n) is 6.71. The lowest BCUT2D eigenvalue weighted by molar-refractivity contribution is 1.33. The van der Waals surface area contributed by atoms with Gasteiger partial charge in [0.2, 0.25) is 5.96 Å². The molecule has 0 aliphatic carbocycles. The molecule has 7 N–H and O–H groups in total. The van der Waals surface area contributed by atoms with Crippen LogP contribution in [0, 0.1) is 0 Å². The maximum Gasteiger partial charge on any atom is 0.223 e. The topological polar surface area (TPSA) is 131 Å². The minimum atomic E-state index is -0.155. The smallest absolute Gasteiger partial charge is 0.223 e. The van der Waals surface area contributed by atoms with Gasteiger partial charge < -0.3 is 22.2 Å². The molecule has 23 heavy (non-hydrogen) atoms. The van der Waals surface area contributed by atoms with E-state index in [2.05, 4.69) is 20.0 Å².